The Balaban J connectivity index is 1.81. The molecule has 1 aromatic rings. The van der Waals surface area contributed by atoms with Crippen LogP contribution in [0, 0.1) is 11.3 Å². The highest BCUT2D eigenvalue weighted by atomic mass is 35.5. The molecule has 1 aliphatic carbocycles. The van der Waals surface area contributed by atoms with E-state index in [1.54, 1.807) is 0 Å². The Morgan fingerprint density at radius 3 is 2.32 bits per heavy atom. The van der Waals surface area contributed by atoms with Gasteiger partial charge in [-0.15, -0.1) is 23.2 Å². The molecule has 1 aliphatic rings. The van der Waals surface area contributed by atoms with Gasteiger partial charge in [0, 0.05) is 12.3 Å². The third kappa shape index (κ3) is 4.74. The number of rotatable bonds is 11. The topological polar surface area (TPSA) is 75.6 Å². The van der Waals surface area contributed by atoms with Gasteiger partial charge in [-0.2, -0.15) is 0 Å². The molecule has 0 spiro atoms. The van der Waals surface area contributed by atoms with Gasteiger partial charge < -0.3 is 15.2 Å². The molecule has 2 rings (SSSR count). The van der Waals surface area contributed by atoms with Gasteiger partial charge in [-0.3, -0.25) is 9.59 Å². The molecule has 1 saturated carbocycles. The number of carbonyl (C=O) groups is 2. The summed E-state index contributed by atoms with van der Waals surface area (Å²) in [5, 5.41) is 11.6. The van der Waals surface area contributed by atoms with Crippen LogP contribution in [0.25, 0.3) is 0 Å². The number of benzene rings is 1. The largest absolute Gasteiger partial charge is 0.494 e. The molecule has 0 heterocycles. The minimum atomic E-state index is -1.01. The van der Waals surface area contributed by atoms with E-state index in [4.69, 9.17) is 33.0 Å². The van der Waals surface area contributed by atoms with Crippen LogP contribution in [-0.4, -0.2) is 27.9 Å². The van der Waals surface area contributed by atoms with Crippen LogP contribution in [0.15, 0.2) is 24.3 Å². The SMILES string of the molecule is CCC1(C(=O)N[C@H](C)c2ccc(OCCCCCC(=O)O)cc2)C(C)C1(Cl)Cl. The summed E-state index contributed by atoms with van der Waals surface area (Å²) < 4.78 is 4.68. The Morgan fingerprint density at radius 2 is 1.82 bits per heavy atom. The predicted octanol–water partition coefficient (Wildman–Crippen LogP) is 5.11. The number of amides is 1. The fraction of sp³-hybridized carbons (Fsp3) is 0.619. The van der Waals surface area contributed by atoms with Crippen LogP contribution >= 0.6 is 23.2 Å². The van der Waals surface area contributed by atoms with Crippen LogP contribution in [-0.2, 0) is 9.59 Å². The van der Waals surface area contributed by atoms with Gasteiger partial charge >= 0.3 is 5.97 Å². The lowest BCUT2D eigenvalue weighted by Crippen LogP contribution is -2.36. The Kier molecular flexibility index (Phi) is 7.63. The molecule has 0 radical (unpaired) electrons. The number of unbranched alkanes of at least 4 members (excludes halogenated alkanes) is 2. The molecule has 2 unspecified atom stereocenters. The molecule has 28 heavy (non-hydrogen) atoms. The van der Waals surface area contributed by atoms with E-state index in [1.165, 1.54) is 0 Å². The zero-order chi connectivity index (χ0) is 20.9. The number of alkyl halides is 2. The zero-order valence-corrected chi connectivity index (χ0v) is 18.1. The average Bonchev–Trinajstić information content (AvgIpc) is 3.10. The lowest BCUT2D eigenvalue weighted by atomic mass is 9.98. The Morgan fingerprint density at radius 1 is 1.21 bits per heavy atom. The van der Waals surface area contributed by atoms with Crippen molar-refractivity contribution < 1.29 is 19.4 Å². The van der Waals surface area contributed by atoms with Gasteiger partial charge in [0.1, 0.15) is 10.1 Å². The van der Waals surface area contributed by atoms with Crippen molar-refractivity contribution in [2.24, 2.45) is 11.3 Å². The summed E-state index contributed by atoms with van der Waals surface area (Å²) in [7, 11) is 0. The fourth-order valence-corrected chi connectivity index (χ4v) is 4.73. The second kappa shape index (κ2) is 9.36. The highest BCUT2D eigenvalue weighted by molar-refractivity contribution is 6.53. The lowest BCUT2D eigenvalue weighted by molar-refractivity contribution is -0.137. The molecule has 2 N–H and O–H groups in total. The van der Waals surface area contributed by atoms with E-state index < -0.39 is 15.7 Å². The van der Waals surface area contributed by atoms with Crippen molar-refractivity contribution in [2.45, 2.75) is 63.3 Å². The molecular formula is C21H29Cl2NO4. The lowest BCUT2D eigenvalue weighted by Gasteiger charge is -2.21. The summed E-state index contributed by atoms with van der Waals surface area (Å²) >= 11 is 12.6. The van der Waals surface area contributed by atoms with Crippen LogP contribution in [0.1, 0.15) is 64.5 Å². The molecule has 0 aliphatic heterocycles. The first kappa shape index (κ1) is 22.8. The first-order valence-electron chi connectivity index (χ1n) is 9.80. The van der Waals surface area contributed by atoms with Gasteiger partial charge in [0.05, 0.1) is 18.1 Å². The molecule has 1 aromatic carbocycles. The number of carboxylic acid groups (broad SMARTS) is 1. The first-order chi connectivity index (χ1) is 13.2. The van der Waals surface area contributed by atoms with Gasteiger partial charge in [-0.1, -0.05) is 26.0 Å². The van der Waals surface area contributed by atoms with E-state index in [9.17, 15) is 9.59 Å². The van der Waals surface area contributed by atoms with E-state index in [0.717, 1.165) is 24.2 Å². The number of hydrogen-bond donors (Lipinski definition) is 2. The number of ether oxygens (including phenoxy) is 1. The Bertz CT molecular complexity index is 692. The second-order valence-corrected chi connectivity index (χ2v) is 8.87. The molecule has 0 saturated heterocycles. The third-order valence-electron chi connectivity index (χ3n) is 5.79. The van der Waals surface area contributed by atoms with E-state index in [2.05, 4.69) is 5.32 Å². The molecular weight excluding hydrogens is 401 g/mol. The molecule has 7 heteroatoms. The molecule has 0 bridgehead atoms. The van der Waals surface area contributed by atoms with Gasteiger partial charge in [0.2, 0.25) is 5.91 Å². The summed E-state index contributed by atoms with van der Waals surface area (Å²) in [5.74, 6) is -0.197. The standard InChI is InChI=1S/C21H29Cl2NO4/c1-4-20(15(3)21(20,22)23)19(27)24-14(2)16-9-11-17(12-10-16)28-13-7-5-6-8-18(25)26/h9-12,14-15H,4-8,13H2,1-3H3,(H,24,27)(H,25,26)/t14-,15?,20?/m1/s1. The van der Waals surface area contributed by atoms with Crippen molar-refractivity contribution in [3.05, 3.63) is 29.8 Å². The van der Waals surface area contributed by atoms with E-state index in [1.807, 2.05) is 45.0 Å². The van der Waals surface area contributed by atoms with Gasteiger partial charge in [-0.05, 0) is 50.3 Å². The minimum Gasteiger partial charge on any atom is -0.494 e. The minimum absolute atomic E-state index is 0.0770. The van der Waals surface area contributed by atoms with Crippen molar-refractivity contribution in [3.8, 4) is 5.75 Å². The number of nitrogens with one attached hydrogen (secondary N) is 1. The summed E-state index contributed by atoms with van der Waals surface area (Å²) in [4.78, 5) is 23.2. The fourth-order valence-electron chi connectivity index (χ4n) is 3.70. The summed E-state index contributed by atoms with van der Waals surface area (Å²) in [5.41, 5.74) is 0.241. The normalized spacial score (nSPS) is 23.7. The van der Waals surface area contributed by atoms with Gasteiger partial charge in [0.25, 0.3) is 0 Å². The predicted molar refractivity (Wildman–Crippen MR) is 111 cm³/mol. The van der Waals surface area contributed by atoms with E-state index in [-0.39, 0.29) is 24.3 Å². The molecule has 3 atom stereocenters. The number of hydrogen-bond acceptors (Lipinski definition) is 3. The van der Waals surface area contributed by atoms with Crippen LogP contribution in [0.4, 0.5) is 0 Å². The molecule has 156 valence electrons. The van der Waals surface area contributed by atoms with Crippen LogP contribution < -0.4 is 10.1 Å². The van der Waals surface area contributed by atoms with Gasteiger partial charge in [0.15, 0.2) is 0 Å². The van der Waals surface area contributed by atoms with E-state index in [0.29, 0.717) is 19.4 Å². The van der Waals surface area contributed by atoms with Crippen LogP contribution in [0.3, 0.4) is 0 Å². The third-order valence-corrected chi connectivity index (χ3v) is 7.12. The summed E-state index contributed by atoms with van der Waals surface area (Å²) in [6, 6.07) is 7.43. The highest BCUT2D eigenvalue weighted by Gasteiger charge is 2.76. The Labute approximate surface area is 176 Å². The molecule has 5 nitrogen and oxygen atoms in total. The second-order valence-electron chi connectivity index (χ2n) is 7.49. The maximum atomic E-state index is 12.8. The number of halogens is 2. The average molecular weight is 430 g/mol. The zero-order valence-electron chi connectivity index (χ0n) is 16.6. The molecule has 0 aromatic heterocycles. The number of carboxylic acids is 1. The van der Waals surface area contributed by atoms with Crippen molar-refractivity contribution in [1.29, 1.82) is 0 Å². The Hall–Kier alpha value is -1.46. The van der Waals surface area contributed by atoms with Crippen molar-refractivity contribution in [2.75, 3.05) is 6.61 Å². The van der Waals surface area contributed by atoms with Crippen molar-refractivity contribution in [1.82, 2.24) is 5.32 Å². The maximum absolute atomic E-state index is 12.8. The van der Waals surface area contributed by atoms with Crippen molar-refractivity contribution in [3.63, 3.8) is 0 Å². The van der Waals surface area contributed by atoms with Crippen LogP contribution in [0.2, 0.25) is 0 Å². The number of carbonyl (C=O) groups excluding carboxylic acids is 1. The van der Waals surface area contributed by atoms with Crippen LogP contribution in [0.5, 0.6) is 5.75 Å². The van der Waals surface area contributed by atoms with Crippen molar-refractivity contribution >= 4 is 35.1 Å². The smallest absolute Gasteiger partial charge is 0.303 e. The first-order valence-corrected chi connectivity index (χ1v) is 10.6. The summed E-state index contributed by atoms with van der Waals surface area (Å²) in [6.07, 6.45) is 3.10. The highest BCUT2D eigenvalue weighted by Crippen LogP contribution is 2.70. The molecule has 1 fully saturated rings. The molecule has 1 amide bonds. The van der Waals surface area contributed by atoms with E-state index >= 15 is 0 Å². The monoisotopic (exact) mass is 429 g/mol. The maximum Gasteiger partial charge on any atom is 0.303 e. The summed E-state index contributed by atoms with van der Waals surface area (Å²) in [6.45, 7) is 6.31. The van der Waals surface area contributed by atoms with Gasteiger partial charge in [-0.25, -0.2) is 0 Å². The number of aliphatic carboxylic acids is 1. The quantitative estimate of drug-likeness (QED) is 0.378.